The molecule has 28 heavy (non-hydrogen) atoms. The summed E-state index contributed by atoms with van der Waals surface area (Å²) in [5, 5.41) is 25.7. The Bertz CT molecular complexity index is 1060. The zero-order valence-corrected chi connectivity index (χ0v) is 15.5. The predicted molar refractivity (Wildman–Crippen MR) is 109 cm³/mol. The summed E-state index contributed by atoms with van der Waals surface area (Å²) in [5.41, 5.74) is 11.5. The molecule has 3 aromatic rings. The van der Waals surface area contributed by atoms with Gasteiger partial charge in [-0.15, -0.1) is 0 Å². The monoisotopic (exact) mass is 373 g/mol. The Morgan fingerprint density at radius 2 is 1.21 bits per heavy atom. The molecule has 0 saturated heterocycles. The number of carboxylic acids is 1. The van der Waals surface area contributed by atoms with Gasteiger partial charge in [-0.05, 0) is 85.6 Å². The minimum atomic E-state index is -0.974. The number of aryl methyl sites for hydroxylation is 2. The normalized spacial score (nSPS) is 11.4. The summed E-state index contributed by atoms with van der Waals surface area (Å²) in [6.45, 7) is 3.87. The van der Waals surface area contributed by atoms with Crippen molar-refractivity contribution in [2.24, 2.45) is 20.5 Å². The highest BCUT2D eigenvalue weighted by molar-refractivity contribution is 5.87. The lowest BCUT2D eigenvalue weighted by molar-refractivity contribution is 0.0697. The molecule has 0 aromatic heterocycles. The first-order chi connectivity index (χ1) is 13.4. The summed E-state index contributed by atoms with van der Waals surface area (Å²) in [6.07, 6.45) is 0. The van der Waals surface area contributed by atoms with Gasteiger partial charge in [0, 0.05) is 5.69 Å². The first kappa shape index (κ1) is 18.9. The number of nitrogen functional groups attached to an aromatic ring is 1. The maximum Gasteiger partial charge on any atom is 0.335 e. The van der Waals surface area contributed by atoms with Crippen LogP contribution in [0.2, 0.25) is 0 Å². The van der Waals surface area contributed by atoms with Gasteiger partial charge in [0.25, 0.3) is 0 Å². The molecule has 0 radical (unpaired) electrons. The van der Waals surface area contributed by atoms with Crippen molar-refractivity contribution in [3.63, 3.8) is 0 Å². The highest BCUT2D eigenvalue weighted by Gasteiger charge is 2.02. The molecule has 0 aliphatic rings. The molecule has 3 rings (SSSR count). The van der Waals surface area contributed by atoms with Crippen LogP contribution in [0.4, 0.5) is 28.4 Å². The third kappa shape index (κ3) is 4.64. The molecule has 3 N–H and O–H groups in total. The summed E-state index contributed by atoms with van der Waals surface area (Å²) < 4.78 is 0. The quantitative estimate of drug-likeness (QED) is 0.397. The van der Waals surface area contributed by atoms with E-state index in [2.05, 4.69) is 20.5 Å². The number of rotatable bonds is 5. The fraction of sp³-hybridized carbons (Fsp3) is 0.0952. The van der Waals surface area contributed by atoms with E-state index in [0.717, 1.165) is 22.5 Å². The zero-order valence-electron chi connectivity index (χ0n) is 15.5. The van der Waals surface area contributed by atoms with E-state index in [1.807, 2.05) is 26.0 Å². The van der Waals surface area contributed by atoms with E-state index in [1.54, 1.807) is 36.4 Å². The van der Waals surface area contributed by atoms with Crippen molar-refractivity contribution in [2.75, 3.05) is 5.73 Å². The van der Waals surface area contributed by atoms with Crippen molar-refractivity contribution < 1.29 is 9.90 Å². The lowest BCUT2D eigenvalue weighted by Gasteiger charge is -2.04. The van der Waals surface area contributed by atoms with E-state index in [9.17, 15) is 4.79 Å². The van der Waals surface area contributed by atoms with Gasteiger partial charge in [0.05, 0.1) is 28.3 Å². The van der Waals surface area contributed by atoms with Crippen LogP contribution >= 0.6 is 0 Å². The number of hydrogen-bond donors (Lipinski definition) is 2. The Balaban J connectivity index is 1.69. The highest BCUT2D eigenvalue weighted by atomic mass is 16.4. The third-order valence-electron chi connectivity index (χ3n) is 4.10. The number of hydrogen-bond acceptors (Lipinski definition) is 6. The zero-order chi connectivity index (χ0) is 20.1. The number of nitrogens with zero attached hydrogens (tertiary/aromatic N) is 4. The smallest absolute Gasteiger partial charge is 0.335 e. The number of azo groups is 2. The van der Waals surface area contributed by atoms with Gasteiger partial charge in [0.15, 0.2) is 0 Å². The van der Waals surface area contributed by atoms with Gasteiger partial charge in [-0.25, -0.2) is 4.79 Å². The second kappa shape index (κ2) is 8.22. The lowest BCUT2D eigenvalue weighted by Crippen LogP contribution is -1.93. The number of benzene rings is 3. The first-order valence-electron chi connectivity index (χ1n) is 8.56. The summed E-state index contributed by atoms with van der Waals surface area (Å²) in [6, 6.07) is 17.1. The molecule has 140 valence electrons. The van der Waals surface area contributed by atoms with Gasteiger partial charge in [-0.2, -0.15) is 20.5 Å². The van der Waals surface area contributed by atoms with Gasteiger partial charge >= 0.3 is 5.97 Å². The Morgan fingerprint density at radius 3 is 1.71 bits per heavy atom. The van der Waals surface area contributed by atoms with Crippen molar-refractivity contribution in [3.05, 3.63) is 77.4 Å². The molecule has 0 aliphatic carbocycles. The molecular formula is C21H19N5O2. The van der Waals surface area contributed by atoms with Crippen molar-refractivity contribution in [3.8, 4) is 0 Å². The van der Waals surface area contributed by atoms with Crippen LogP contribution in [0.5, 0.6) is 0 Å². The molecule has 0 fully saturated rings. The maximum absolute atomic E-state index is 10.8. The topological polar surface area (TPSA) is 113 Å². The second-order valence-corrected chi connectivity index (χ2v) is 6.26. The van der Waals surface area contributed by atoms with Crippen LogP contribution in [0.3, 0.4) is 0 Å². The highest BCUT2D eigenvalue weighted by Crippen LogP contribution is 2.27. The van der Waals surface area contributed by atoms with Crippen molar-refractivity contribution in [1.82, 2.24) is 0 Å². The van der Waals surface area contributed by atoms with E-state index in [1.165, 1.54) is 12.1 Å². The minimum Gasteiger partial charge on any atom is -0.478 e. The van der Waals surface area contributed by atoms with Gasteiger partial charge in [0.2, 0.25) is 0 Å². The number of aromatic carboxylic acids is 1. The molecule has 0 atom stereocenters. The Hall–Kier alpha value is -3.87. The van der Waals surface area contributed by atoms with E-state index in [0.29, 0.717) is 17.1 Å². The van der Waals surface area contributed by atoms with Gasteiger partial charge < -0.3 is 10.8 Å². The van der Waals surface area contributed by atoms with Crippen LogP contribution in [0.15, 0.2) is 81.1 Å². The third-order valence-corrected chi connectivity index (χ3v) is 4.10. The minimum absolute atomic E-state index is 0.209. The standard InChI is InChI=1S/C21H19N5O2/c1-13-12-20(14(2)11-19(13)22)26-25-18-9-7-17(8-10-18)24-23-16-5-3-15(4-6-16)21(27)28/h3-12H,22H2,1-2H3,(H,27,28). The Kier molecular flexibility index (Phi) is 5.55. The summed E-state index contributed by atoms with van der Waals surface area (Å²) in [5.74, 6) is -0.974. The molecule has 0 unspecified atom stereocenters. The van der Waals surface area contributed by atoms with Crippen molar-refractivity contribution in [1.29, 1.82) is 0 Å². The number of nitrogens with two attached hydrogens (primary N) is 1. The average Bonchev–Trinajstić information content (AvgIpc) is 2.69. The van der Waals surface area contributed by atoms with E-state index in [-0.39, 0.29) is 5.56 Å². The van der Waals surface area contributed by atoms with Crippen LogP contribution in [-0.4, -0.2) is 11.1 Å². The SMILES string of the molecule is Cc1cc(N=Nc2ccc(N=Nc3ccc(C(=O)O)cc3)cc2)c(C)cc1N. The molecule has 0 spiro atoms. The molecule has 3 aromatic carbocycles. The Morgan fingerprint density at radius 1 is 0.750 bits per heavy atom. The summed E-state index contributed by atoms with van der Waals surface area (Å²) >= 11 is 0. The number of carboxylic acid groups (broad SMARTS) is 1. The van der Waals surface area contributed by atoms with Crippen LogP contribution in [-0.2, 0) is 0 Å². The molecule has 7 nitrogen and oxygen atoms in total. The van der Waals surface area contributed by atoms with Gasteiger partial charge in [-0.3, -0.25) is 0 Å². The van der Waals surface area contributed by atoms with Crippen LogP contribution in [0.25, 0.3) is 0 Å². The van der Waals surface area contributed by atoms with Gasteiger partial charge in [0.1, 0.15) is 0 Å². The largest absolute Gasteiger partial charge is 0.478 e. The van der Waals surface area contributed by atoms with E-state index in [4.69, 9.17) is 10.8 Å². The number of carbonyl (C=O) groups is 1. The van der Waals surface area contributed by atoms with Crippen LogP contribution in [0.1, 0.15) is 21.5 Å². The summed E-state index contributed by atoms with van der Waals surface area (Å²) in [7, 11) is 0. The van der Waals surface area contributed by atoms with Crippen molar-refractivity contribution in [2.45, 2.75) is 13.8 Å². The van der Waals surface area contributed by atoms with Crippen LogP contribution < -0.4 is 5.73 Å². The summed E-state index contributed by atoms with van der Waals surface area (Å²) in [4.78, 5) is 10.8. The maximum atomic E-state index is 10.8. The van der Waals surface area contributed by atoms with Crippen LogP contribution in [0, 0.1) is 13.8 Å². The molecular weight excluding hydrogens is 354 g/mol. The van der Waals surface area contributed by atoms with E-state index < -0.39 is 5.97 Å². The molecule has 0 bridgehead atoms. The molecule has 0 aliphatic heterocycles. The molecule has 0 heterocycles. The first-order valence-corrected chi connectivity index (χ1v) is 8.56. The second-order valence-electron chi connectivity index (χ2n) is 6.26. The molecule has 7 heteroatoms. The van der Waals surface area contributed by atoms with Crippen molar-refractivity contribution >= 4 is 34.4 Å². The molecule has 0 saturated carbocycles. The number of anilines is 1. The Labute approximate surface area is 162 Å². The fourth-order valence-corrected chi connectivity index (χ4v) is 2.41. The average molecular weight is 373 g/mol. The lowest BCUT2D eigenvalue weighted by atomic mass is 10.1. The fourth-order valence-electron chi connectivity index (χ4n) is 2.41. The molecule has 0 amide bonds. The predicted octanol–water partition coefficient (Wildman–Crippen LogP) is 6.41. The van der Waals surface area contributed by atoms with E-state index >= 15 is 0 Å². The van der Waals surface area contributed by atoms with Gasteiger partial charge in [-0.1, -0.05) is 0 Å².